The van der Waals surface area contributed by atoms with Crippen LogP contribution in [0.1, 0.15) is 10.4 Å². The molecule has 0 radical (unpaired) electrons. The van der Waals surface area contributed by atoms with Crippen LogP contribution in [-0.4, -0.2) is 23.0 Å². The summed E-state index contributed by atoms with van der Waals surface area (Å²) < 4.78 is 44.8. The number of hydrogen-bond donors (Lipinski definition) is 2. The predicted molar refractivity (Wildman–Crippen MR) is 92.7 cm³/mol. The number of rotatable bonds is 5. The zero-order valence-electron chi connectivity index (χ0n) is 14.0. The highest BCUT2D eigenvalue weighted by Gasteiger charge is 2.14. The summed E-state index contributed by atoms with van der Waals surface area (Å²) in [4.78, 5) is 19.7. The summed E-state index contributed by atoms with van der Waals surface area (Å²) >= 11 is 0. The lowest BCUT2D eigenvalue weighted by Gasteiger charge is -2.10. The standard InChI is InChI=1S/C18H13F3N4O2/c1-27-17(26)10-3-2-4-11(9-10)23-18-22-8-7-14(25-18)24-13-6-5-12(19)15(20)16(13)21/h2-9H,1H3,(H2,22,23,24,25). The first kappa shape index (κ1) is 18.2. The number of nitrogens with one attached hydrogen (secondary N) is 2. The second kappa shape index (κ2) is 7.73. The van der Waals surface area contributed by atoms with E-state index in [2.05, 4.69) is 25.3 Å². The maximum Gasteiger partial charge on any atom is 0.337 e. The summed E-state index contributed by atoms with van der Waals surface area (Å²) in [5, 5.41) is 5.45. The zero-order valence-corrected chi connectivity index (χ0v) is 14.0. The summed E-state index contributed by atoms with van der Waals surface area (Å²) in [6.07, 6.45) is 1.39. The lowest BCUT2D eigenvalue weighted by Crippen LogP contribution is -2.04. The van der Waals surface area contributed by atoms with Gasteiger partial charge in [0.1, 0.15) is 5.82 Å². The zero-order chi connectivity index (χ0) is 19.4. The van der Waals surface area contributed by atoms with Gasteiger partial charge in [-0.1, -0.05) is 6.07 Å². The van der Waals surface area contributed by atoms with Gasteiger partial charge in [0.05, 0.1) is 18.4 Å². The molecular weight excluding hydrogens is 361 g/mol. The van der Waals surface area contributed by atoms with E-state index in [0.29, 0.717) is 11.3 Å². The predicted octanol–water partition coefficient (Wildman–Crippen LogP) is 4.17. The van der Waals surface area contributed by atoms with Crippen LogP contribution < -0.4 is 10.6 Å². The quantitative estimate of drug-likeness (QED) is 0.516. The molecule has 0 amide bonds. The third kappa shape index (κ3) is 4.14. The molecule has 138 valence electrons. The average molecular weight is 374 g/mol. The third-order valence-corrected chi connectivity index (χ3v) is 3.49. The Bertz CT molecular complexity index is 998. The Morgan fingerprint density at radius 3 is 2.63 bits per heavy atom. The average Bonchev–Trinajstić information content (AvgIpc) is 2.68. The largest absolute Gasteiger partial charge is 0.465 e. The van der Waals surface area contributed by atoms with E-state index in [-0.39, 0.29) is 17.5 Å². The van der Waals surface area contributed by atoms with Crippen molar-refractivity contribution >= 4 is 29.1 Å². The highest BCUT2D eigenvalue weighted by Crippen LogP contribution is 2.23. The van der Waals surface area contributed by atoms with Crippen LogP contribution in [0.4, 0.5) is 36.3 Å². The van der Waals surface area contributed by atoms with Gasteiger partial charge in [0.25, 0.3) is 0 Å². The fourth-order valence-electron chi connectivity index (χ4n) is 2.22. The van der Waals surface area contributed by atoms with Crippen LogP contribution in [0.25, 0.3) is 0 Å². The lowest BCUT2D eigenvalue weighted by atomic mass is 10.2. The Labute approximate surface area is 152 Å². The van der Waals surface area contributed by atoms with Crippen molar-refractivity contribution in [1.82, 2.24) is 9.97 Å². The van der Waals surface area contributed by atoms with Crippen molar-refractivity contribution in [3.05, 3.63) is 71.7 Å². The van der Waals surface area contributed by atoms with E-state index in [1.807, 2.05) is 0 Å². The number of nitrogens with zero attached hydrogens (tertiary/aromatic N) is 2. The van der Waals surface area contributed by atoms with E-state index >= 15 is 0 Å². The molecule has 1 heterocycles. The van der Waals surface area contributed by atoms with E-state index in [0.717, 1.165) is 12.1 Å². The van der Waals surface area contributed by atoms with Gasteiger partial charge < -0.3 is 15.4 Å². The summed E-state index contributed by atoms with van der Waals surface area (Å²) in [6.45, 7) is 0. The van der Waals surface area contributed by atoms with E-state index < -0.39 is 23.4 Å². The van der Waals surface area contributed by atoms with Crippen molar-refractivity contribution in [2.24, 2.45) is 0 Å². The van der Waals surface area contributed by atoms with Crippen LogP contribution in [0.15, 0.2) is 48.7 Å². The minimum absolute atomic E-state index is 0.144. The minimum atomic E-state index is -1.58. The number of esters is 1. The molecule has 0 unspecified atom stereocenters. The lowest BCUT2D eigenvalue weighted by molar-refractivity contribution is 0.0601. The molecule has 1 aromatic heterocycles. The van der Waals surface area contributed by atoms with Crippen molar-refractivity contribution in [2.45, 2.75) is 0 Å². The maximum absolute atomic E-state index is 13.8. The normalized spacial score (nSPS) is 10.4. The number of ether oxygens (including phenoxy) is 1. The van der Waals surface area contributed by atoms with Crippen LogP contribution in [0, 0.1) is 17.5 Å². The smallest absolute Gasteiger partial charge is 0.337 e. The fourth-order valence-corrected chi connectivity index (χ4v) is 2.22. The summed E-state index contributed by atoms with van der Waals surface area (Å²) in [6, 6.07) is 9.75. The molecule has 0 atom stereocenters. The van der Waals surface area contributed by atoms with Gasteiger partial charge in [-0.25, -0.2) is 22.9 Å². The van der Waals surface area contributed by atoms with Crippen LogP contribution >= 0.6 is 0 Å². The van der Waals surface area contributed by atoms with E-state index in [1.54, 1.807) is 24.3 Å². The van der Waals surface area contributed by atoms with Gasteiger partial charge in [-0.15, -0.1) is 0 Å². The highest BCUT2D eigenvalue weighted by molar-refractivity contribution is 5.90. The van der Waals surface area contributed by atoms with E-state index in [1.165, 1.54) is 19.4 Å². The number of methoxy groups -OCH3 is 1. The number of carbonyl (C=O) groups is 1. The van der Waals surface area contributed by atoms with E-state index in [9.17, 15) is 18.0 Å². The van der Waals surface area contributed by atoms with Crippen LogP contribution in [-0.2, 0) is 4.74 Å². The number of hydrogen-bond acceptors (Lipinski definition) is 6. The van der Waals surface area contributed by atoms with Gasteiger partial charge in [0.15, 0.2) is 17.5 Å². The van der Waals surface area contributed by atoms with E-state index in [4.69, 9.17) is 0 Å². The number of carbonyl (C=O) groups excluding carboxylic acids is 1. The summed E-state index contributed by atoms with van der Waals surface area (Å²) in [5.74, 6) is -4.41. The molecule has 6 nitrogen and oxygen atoms in total. The molecule has 3 aromatic rings. The van der Waals surface area contributed by atoms with Crippen LogP contribution in [0.5, 0.6) is 0 Å². The molecule has 2 N–H and O–H groups in total. The van der Waals surface area contributed by atoms with Gasteiger partial charge in [-0.05, 0) is 36.4 Å². The van der Waals surface area contributed by atoms with Gasteiger partial charge >= 0.3 is 5.97 Å². The Morgan fingerprint density at radius 2 is 1.85 bits per heavy atom. The first-order valence-corrected chi connectivity index (χ1v) is 7.67. The molecule has 0 saturated carbocycles. The molecule has 27 heavy (non-hydrogen) atoms. The molecule has 0 aliphatic carbocycles. The van der Waals surface area contributed by atoms with Crippen molar-refractivity contribution in [2.75, 3.05) is 17.7 Å². The molecule has 0 spiro atoms. The highest BCUT2D eigenvalue weighted by atomic mass is 19.2. The van der Waals surface area contributed by atoms with Gasteiger partial charge in [-0.2, -0.15) is 4.98 Å². The Hall–Kier alpha value is -3.62. The monoisotopic (exact) mass is 374 g/mol. The first-order chi connectivity index (χ1) is 13.0. The molecule has 2 aromatic carbocycles. The minimum Gasteiger partial charge on any atom is -0.465 e. The fraction of sp³-hybridized carbons (Fsp3) is 0.0556. The third-order valence-electron chi connectivity index (χ3n) is 3.49. The van der Waals surface area contributed by atoms with Crippen LogP contribution in [0.3, 0.4) is 0 Å². The second-order valence-electron chi connectivity index (χ2n) is 5.31. The number of anilines is 4. The molecule has 0 aliphatic heterocycles. The molecule has 0 saturated heterocycles. The SMILES string of the molecule is COC(=O)c1cccc(Nc2nccc(Nc3ccc(F)c(F)c3F)n2)c1. The van der Waals surface area contributed by atoms with Crippen molar-refractivity contribution < 1.29 is 22.7 Å². The Balaban J connectivity index is 1.80. The second-order valence-corrected chi connectivity index (χ2v) is 5.31. The molecule has 3 rings (SSSR count). The van der Waals surface area contributed by atoms with Gasteiger partial charge in [0.2, 0.25) is 5.95 Å². The molecule has 0 fully saturated rings. The van der Waals surface area contributed by atoms with Crippen molar-refractivity contribution in [3.8, 4) is 0 Å². The van der Waals surface area contributed by atoms with Crippen LogP contribution in [0.2, 0.25) is 0 Å². The Morgan fingerprint density at radius 1 is 1.04 bits per heavy atom. The van der Waals surface area contributed by atoms with Gasteiger partial charge in [0, 0.05) is 11.9 Å². The molecular formula is C18H13F3N4O2. The molecule has 0 bridgehead atoms. The topological polar surface area (TPSA) is 76.1 Å². The number of aromatic nitrogens is 2. The number of halogens is 3. The van der Waals surface area contributed by atoms with Crippen molar-refractivity contribution in [1.29, 1.82) is 0 Å². The number of benzene rings is 2. The van der Waals surface area contributed by atoms with Gasteiger partial charge in [-0.3, -0.25) is 0 Å². The summed E-state index contributed by atoms with van der Waals surface area (Å²) in [7, 11) is 1.28. The molecule has 0 aliphatic rings. The first-order valence-electron chi connectivity index (χ1n) is 7.67. The van der Waals surface area contributed by atoms with Crippen molar-refractivity contribution in [3.63, 3.8) is 0 Å². The maximum atomic E-state index is 13.8. The molecule has 9 heteroatoms. The Kier molecular flexibility index (Phi) is 5.20. The summed E-state index contributed by atoms with van der Waals surface area (Å²) in [5.41, 5.74) is 0.584.